The fraction of sp³-hybridized carbons (Fsp3) is 0. The first kappa shape index (κ1) is 34.5. The highest BCUT2D eigenvalue weighted by atomic mass is 32.1. The van der Waals surface area contributed by atoms with Gasteiger partial charge in [-0.25, -0.2) is 29.9 Å². The molecule has 0 amide bonds. The number of hydrogen-bond acceptors (Lipinski definition) is 7. The third-order valence-corrected chi connectivity index (χ3v) is 11.7. The van der Waals surface area contributed by atoms with Crippen molar-refractivity contribution < 1.29 is 0 Å². The van der Waals surface area contributed by atoms with Crippen LogP contribution < -0.4 is 0 Å². The zero-order valence-electron chi connectivity index (χ0n) is 31.6. The van der Waals surface area contributed by atoms with Crippen molar-refractivity contribution in [3.05, 3.63) is 194 Å². The van der Waals surface area contributed by atoms with Crippen molar-refractivity contribution in [2.45, 2.75) is 0 Å². The van der Waals surface area contributed by atoms with Crippen LogP contribution in [0.1, 0.15) is 0 Å². The zero-order chi connectivity index (χ0) is 39.1. The Labute approximate surface area is 344 Å². The van der Waals surface area contributed by atoms with Gasteiger partial charge in [0.1, 0.15) is 4.83 Å². The van der Waals surface area contributed by atoms with E-state index in [1.165, 1.54) is 5.39 Å². The molecule has 0 spiro atoms. The van der Waals surface area contributed by atoms with Gasteiger partial charge in [0.2, 0.25) is 0 Å². The molecule has 11 rings (SSSR count). The minimum atomic E-state index is 0.608. The molecular formula is C52H32N6S. The maximum absolute atomic E-state index is 5.24. The van der Waals surface area contributed by atoms with Crippen LogP contribution >= 0.6 is 11.3 Å². The molecule has 0 atom stereocenters. The Morgan fingerprint density at radius 1 is 0.322 bits per heavy atom. The van der Waals surface area contributed by atoms with Crippen LogP contribution in [0.5, 0.6) is 0 Å². The van der Waals surface area contributed by atoms with Crippen molar-refractivity contribution in [3.63, 3.8) is 0 Å². The molecule has 0 bridgehead atoms. The summed E-state index contributed by atoms with van der Waals surface area (Å²) in [7, 11) is 0. The normalized spacial score (nSPS) is 11.4. The zero-order valence-corrected chi connectivity index (χ0v) is 32.4. The second-order valence-corrected chi connectivity index (χ2v) is 15.4. The van der Waals surface area contributed by atoms with Crippen molar-refractivity contribution in [1.29, 1.82) is 0 Å². The second kappa shape index (κ2) is 14.6. The van der Waals surface area contributed by atoms with E-state index >= 15 is 0 Å². The van der Waals surface area contributed by atoms with Gasteiger partial charge in [-0.15, -0.1) is 11.3 Å². The lowest BCUT2D eigenvalue weighted by atomic mass is 10.0. The van der Waals surface area contributed by atoms with Crippen molar-refractivity contribution in [2.24, 2.45) is 0 Å². The predicted molar refractivity (Wildman–Crippen MR) is 242 cm³/mol. The summed E-state index contributed by atoms with van der Waals surface area (Å²) in [6.45, 7) is 0. The Bertz CT molecular complexity index is 3300. The Kier molecular flexibility index (Phi) is 8.56. The van der Waals surface area contributed by atoms with Crippen LogP contribution in [0.3, 0.4) is 0 Å². The van der Waals surface area contributed by atoms with Crippen molar-refractivity contribution in [3.8, 4) is 79.1 Å². The van der Waals surface area contributed by atoms with Crippen LogP contribution in [0.25, 0.3) is 110 Å². The first-order chi connectivity index (χ1) is 29.2. The van der Waals surface area contributed by atoms with Gasteiger partial charge in [-0.05, 0) is 39.6 Å². The molecule has 59 heavy (non-hydrogen) atoms. The van der Waals surface area contributed by atoms with E-state index in [2.05, 4.69) is 146 Å². The fourth-order valence-electron chi connectivity index (χ4n) is 7.54. The average molecular weight is 773 g/mol. The highest BCUT2D eigenvalue weighted by Crippen LogP contribution is 2.40. The van der Waals surface area contributed by atoms with Gasteiger partial charge in [0.25, 0.3) is 0 Å². The standard InChI is InChI=1S/C52H32N6S/c1-4-12-33(13-5-1)35-20-25-39(26-21-35)49-56-48(38-17-8-3-9-18-38)57-50(58-49)40-27-22-36(23-28-40)43-31-44-46-47(59-52(44)53-32-43)45(37-15-6-2-7-16-37)54-51(55-46)42-29-24-34-14-10-11-19-41(34)30-42/h1-32H. The van der Waals surface area contributed by atoms with Gasteiger partial charge in [-0.2, -0.15) is 0 Å². The first-order valence-corrected chi connectivity index (χ1v) is 20.2. The SMILES string of the molecule is c1ccc(-c2ccc(-c3nc(-c4ccccc4)nc(-c4ccc(-c5cnc6sc7c(-c8ccccc8)nc(-c8ccc9ccccc9c8)nc7c6c5)cc4)n3)cc2)cc1. The molecule has 4 heterocycles. The number of nitrogens with zero attached hydrogens (tertiary/aromatic N) is 6. The Morgan fingerprint density at radius 3 is 1.41 bits per heavy atom. The molecule has 0 aliphatic heterocycles. The molecule has 0 radical (unpaired) electrons. The molecule has 0 N–H and O–H groups in total. The van der Waals surface area contributed by atoms with Crippen molar-refractivity contribution >= 4 is 42.5 Å². The topological polar surface area (TPSA) is 77.3 Å². The van der Waals surface area contributed by atoms with Gasteiger partial charge in [0.15, 0.2) is 23.3 Å². The molecule has 0 fully saturated rings. The first-order valence-electron chi connectivity index (χ1n) is 19.4. The molecule has 0 saturated carbocycles. The largest absolute Gasteiger partial charge is 0.245 e. The smallest absolute Gasteiger partial charge is 0.164 e. The minimum absolute atomic E-state index is 0.608. The highest BCUT2D eigenvalue weighted by molar-refractivity contribution is 7.25. The van der Waals surface area contributed by atoms with E-state index < -0.39 is 0 Å². The lowest BCUT2D eigenvalue weighted by molar-refractivity contribution is 1.07. The number of rotatable bonds is 7. The molecule has 4 aromatic heterocycles. The van der Waals surface area contributed by atoms with E-state index in [9.17, 15) is 0 Å². The highest BCUT2D eigenvalue weighted by Gasteiger charge is 2.19. The summed E-state index contributed by atoms with van der Waals surface area (Å²) in [5.74, 6) is 2.55. The summed E-state index contributed by atoms with van der Waals surface area (Å²) in [6.07, 6.45) is 1.94. The number of thiophene rings is 1. The summed E-state index contributed by atoms with van der Waals surface area (Å²) in [5.41, 5.74) is 10.9. The molecule has 276 valence electrons. The monoisotopic (exact) mass is 772 g/mol. The van der Waals surface area contributed by atoms with E-state index in [0.29, 0.717) is 23.3 Å². The number of aromatic nitrogens is 6. The van der Waals surface area contributed by atoms with Crippen molar-refractivity contribution in [1.82, 2.24) is 29.9 Å². The van der Waals surface area contributed by atoms with Crippen LogP contribution in [-0.2, 0) is 0 Å². The maximum atomic E-state index is 5.24. The maximum Gasteiger partial charge on any atom is 0.164 e. The van der Waals surface area contributed by atoms with E-state index in [-0.39, 0.29) is 0 Å². The number of pyridine rings is 1. The molecule has 7 heteroatoms. The Hall–Kier alpha value is -7.74. The van der Waals surface area contributed by atoms with Crippen molar-refractivity contribution in [2.75, 3.05) is 0 Å². The lowest BCUT2D eigenvalue weighted by Gasteiger charge is -2.10. The van der Waals surface area contributed by atoms with Crippen LogP contribution in [0.4, 0.5) is 0 Å². The summed E-state index contributed by atoms with van der Waals surface area (Å²) in [6, 6.07) is 64.5. The fourth-order valence-corrected chi connectivity index (χ4v) is 8.62. The molecule has 11 aromatic rings. The second-order valence-electron chi connectivity index (χ2n) is 14.4. The van der Waals surface area contributed by atoms with E-state index in [4.69, 9.17) is 29.9 Å². The summed E-state index contributed by atoms with van der Waals surface area (Å²) in [5, 5.41) is 3.34. The molecule has 0 unspecified atom stereocenters. The number of benzene rings is 7. The van der Waals surface area contributed by atoms with E-state index in [0.717, 1.165) is 81.6 Å². The average Bonchev–Trinajstić information content (AvgIpc) is 3.70. The quantitative estimate of drug-likeness (QED) is 0.161. The van der Waals surface area contributed by atoms with Crippen LogP contribution in [-0.4, -0.2) is 29.9 Å². The van der Waals surface area contributed by atoms with Gasteiger partial charge in [-0.3, -0.25) is 0 Å². The summed E-state index contributed by atoms with van der Waals surface area (Å²) in [4.78, 5) is 31.3. The number of hydrogen-bond donors (Lipinski definition) is 0. The van der Waals surface area contributed by atoms with Gasteiger partial charge >= 0.3 is 0 Å². The predicted octanol–water partition coefficient (Wildman–Crippen LogP) is 13.2. The molecule has 0 aliphatic carbocycles. The van der Waals surface area contributed by atoms with E-state index in [1.807, 2.05) is 48.7 Å². The lowest BCUT2D eigenvalue weighted by Crippen LogP contribution is -2.00. The van der Waals surface area contributed by atoms with Gasteiger partial charge in [0, 0.05) is 45.0 Å². The third kappa shape index (κ3) is 6.59. The molecule has 7 aromatic carbocycles. The summed E-state index contributed by atoms with van der Waals surface area (Å²) >= 11 is 1.63. The van der Waals surface area contributed by atoms with Crippen LogP contribution in [0, 0.1) is 0 Å². The van der Waals surface area contributed by atoms with Gasteiger partial charge in [0.05, 0.1) is 15.9 Å². The Morgan fingerprint density at radius 2 is 0.780 bits per heavy atom. The van der Waals surface area contributed by atoms with Crippen LogP contribution in [0.2, 0.25) is 0 Å². The Balaban J connectivity index is 0.983. The molecular weight excluding hydrogens is 741 g/mol. The molecule has 0 aliphatic rings. The number of fused-ring (bicyclic) bond motifs is 4. The van der Waals surface area contributed by atoms with Gasteiger partial charge < -0.3 is 0 Å². The summed E-state index contributed by atoms with van der Waals surface area (Å²) < 4.78 is 1.02. The third-order valence-electron chi connectivity index (χ3n) is 10.6. The van der Waals surface area contributed by atoms with Gasteiger partial charge in [-0.1, -0.05) is 176 Å². The molecule has 0 saturated heterocycles. The molecule has 6 nitrogen and oxygen atoms in total. The van der Waals surface area contributed by atoms with Crippen LogP contribution in [0.15, 0.2) is 194 Å². The van der Waals surface area contributed by atoms with E-state index in [1.54, 1.807) is 11.3 Å². The minimum Gasteiger partial charge on any atom is -0.245 e.